The van der Waals surface area contributed by atoms with Crippen LogP contribution in [0, 0.1) is 0 Å². The van der Waals surface area contributed by atoms with E-state index in [9.17, 15) is 9.59 Å². The lowest BCUT2D eigenvalue weighted by Crippen LogP contribution is -2.37. The molecule has 4 rings (SSSR count). The summed E-state index contributed by atoms with van der Waals surface area (Å²) in [6, 6.07) is 23.8. The Bertz CT molecular complexity index is 1260. The van der Waals surface area contributed by atoms with Crippen LogP contribution < -0.4 is 10.9 Å². The summed E-state index contributed by atoms with van der Waals surface area (Å²) in [5.74, 6) is 0.422. The average molecular weight is 433 g/mol. The maximum absolute atomic E-state index is 13.1. The van der Waals surface area contributed by atoms with E-state index in [-0.39, 0.29) is 18.1 Å². The van der Waals surface area contributed by atoms with Gasteiger partial charge in [-0.15, -0.1) is 0 Å². The fourth-order valence-corrected chi connectivity index (χ4v) is 3.49. The molecule has 0 aliphatic rings. The number of carbonyl (C=O) groups excluding carboxylic acids is 1. The first kappa shape index (κ1) is 20.6. The minimum atomic E-state index is -0.320. The summed E-state index contributed by atoms with van der Waals surface area (Å²) in [4.78, 5) is 34.5. The molecule has 2 N–H and O–H groups in total. The first-order valence-electron chi connectivity index (χ1n) is 9.92. The number of amides is 2. The summed E-state index contributed by atoms with van der Waals surface area (Å²) >= 11 is 6.20. The second-order valence-corrected chi connectivity index (χ2v) is 7.50. The molecule has 0 radical (unpaired) electrons. The van der Waals surface area contributed by atoms with Crippen molar-refractivity contribution in [3.63, 3.8) is 0 Å². The summed E-state index contributed by atoms with van der Waals surface area (Å²) in [6.45, 7) is 0.597. The van der Waals surface area contributed by atoms with Crippen molar-refractivity contribution in [3.8, 4) is 0 Å². The molecule has 3 aromatic carbocycles. The Morgan fingerprint density at radius 1 is 0.968 bits per heavy atom. The summed E-state index contributed by atoms with van der Waals surface area (Å²) < 4.78 is 0. The number of rotatable bonds is 6. The van der Waals surface area contributed by atoms with Crippen LogP contribution in [0.15, 0.2) is 83.7 Å². The number of urea groups is 1. The van der Waals surface area contributed by atoms with Crippen molar-refractivity contribution in [2.75, 3.05) is 11.9 Å². The van der Waals surface area contributed by atoms with Crippen LogP contribution in [0.5, 0.6) is 0 Å². The Labute approximate surface area is 184 Å². The molecule has 2 amide bonds. The van der Waals surface area contributed by atoms with E-state index in [1.165, 1.54) is 0 Å². The van der Waals surface area contributed by atoms with Crippen LogP contribution in [0.1, 0.15) is 11.4 Å². The van der Waals surface area contributed by atoms with Crippen LogP contribution in [0.3, 0.4) is 0 Å². The molecule has 0 atom stereocenters. The van der Waals surface area contributed by atoms with E-state index < -0.39 is 0 Å². The van der Waals surface area contributed by atoms with Crippen molar-refractivity contribution >= 4 is 34.2 Å². The molecule has 1 heterocycles. The number of benzene rings is 3. The van der Waals surface area contributed by atoms with E-state index >= 15 is 0 Å². The summed E-state index contributed by atoms with van der Waals surface area (Å²) in [6.07, 6.45) is 0.661. The molecule has 1 aromatic heterocycles. The van der Waals surface area contributed by atoms with E-state index in [4.69, 9.17) is 11.6 Å². The van der Waals surface area contributed by atoms with Gasteiger partial charge >= 0.3 is 6.03 Å². The lowest BCUT2D eigenvalue weighted by atomic mass is 10.1. The zero-order valence-corrected chi connectivity index (χ0v) is 17.5. The Balaban J connectivity index is 1.59. The topological polar surface area (TPSA) is 78.1 Å². The number of fused-ring (bicyclic) bond motifs is 1. The van der Waals surface area contributed by atoms with Gasteiger partial charge in [0.15, 0.2) is 0 Å². The number of halogens is 1. The van der Waals surface area contributed by atoms with E-state index in [2.05, 4.69) is 15.3 Å². The van der Waals surface area contributed by atoms with Gasteiger partial charge in [-0.2, -0.15) is 0 Å². The average Bonchev–Trinajstić information content (AvgIpc) is 2.79. The third-order valence-electron chi connectivity index (χ3n) is 4.92. The van der Waals surface area contributed by atoms with E-state index in [1.807, 2.05) is 36.4 Å². The molecular weight excluding hydrogens is 412 g/mol. The van der Waals surface area contributed by atoms with Gasteiger partial charge in [0.2, 0.25) is 0 Å². The third-order valence-corrected chi connectivity index (χ3v) is 5.25. The predicted octanol–water partition coefficient (Wildman–Crippen LogP) is 4.85. The molecular formula is C24H21ClN4O2. The molecule has 0 saturated carbocycles. The Morgan fingerprint density at radius 3 is 2.48 bits per heavy atom. The van der Waals surface area contributed by atoms with Gasteiger partial charge in [-0.25, -0.2) is 9.78 Å². The molecule has 31 heavy (non-hydrogen) atoms. The first-order valence-corrected chi connectivity index (χ1v) is 10.3. The van der Waals surface area contributed by atoms with E-state index in [0.717, 1.165) is 5.56 Å². The fourth-order valence-electron chi connectivity index (χ4n) is 3.31. The first-order chi connectivity index (χ1) is 15.1. The number of nitrogens with zero attached hydrogens (tertiary/aromatic N) is 2. The predicted molar refractivity (Wildman–Crippen MR) is 123 cm³/mol. The van der Waals surface area contributed by atoms with E-state index in [0.29, 0.717) is 40.4 Å². The zero-order valence-electron chi connectivity index (χ0n) is 16.7. The van der Waals surface area contributed by atoms with Gasteiger partial charge in [0.05, 0.1) is 28.2 Å². The fraction of sp³-hybridized carbons (Fsp3) is 0.125. The number of anilines is 1. The summed E-state index contributed by atoms with van der Waals surface area (Å²) in [5.41, 5.74) is 2.00. The van der Waals surface area contributed by atoms with Crippen LogP contribution >= 0.6 is 11.6 Å². The van der Waals surface area contributed by atoms with Gasteiger partial charge < -0.3 is 15.2 Å². The van der Waals surface area contributed by atoms with Crippen molar-refractivity contribution in [3.05, 3.63) is 106 Å². The largest absolute Gasteiger partial charge is 0.322 e. The quantitative estimate of drug-likeness (QED) is 0.457. The standard InChI is InChI=1S/C24H21ClN4O2/c25-19-11-5-7-13-21(19)27-24(31)29(15-14-17-8-2-1-3-9-17)16-22-26-20-12-6-4-10-18(20)23(30)28-22/h1-13H,14-16H2,(H,27,31)(H,26,28,30). The molecule has 4 aromatic rings. The second-order valence-electron chi connectivity index (χ2n) is 7.10. The number of nitrogens with one attached hydrogen (secondary N) is 2. The van der Waals surface area contributed by atoms with Gasteiger partial charge in [0, 0.05) is 6.54 Å². The third kappa shape index (κ3) is 5.10. The molecule has 156 valence electrons. The highest BCUT2D eigenvalue weighted by Gasteiger charge is 2.17. The smallest absolute Gasteiger partial charge is 0.317 e. The van der Waals surface area contributed by atoms with Crippen molar-refractivity contribution in [2.24, 2.45) is 0 Å². The number of carbonyl (C=O) groups is 1. The van der Waals surface area contributed by atoms with Crippen LogP contribution in [0.2, 0.25) is 5.02 Å². The van der Waals surface area contributed by atoms with Crippen molar-refractivity contribution in [1.29, 1.82) is 0 Å². The minimum absolute atomic E-state index is 0.156. The molecule has 0 aliphatic heterocycles. The van der Waals surface area contributed by atoms with Crippen LogP contribution in [0.4, 0.5) is 10.5 Å². The molecule has 0 saturated heterocycles. The maximum Gasteiger partial charge on any atom is 0.322 e. The Kier molecular flexibility index (Phi) is 6.29. The van der Waals surface area contributed by atoms with Crippen molar-refractivity contribution in [2.45, 2.75) is 13.0 Å². The SMILES string of the molecule is O=C(Nc1ccccc1Cl)N(CCc1ccccc1)Cc1nc2ccccc2c(=O)[nH]1. The zero-order chi connectivity index (χ0) is 21.6. The molecule has 0 unspecified atom stereocenters. The molecule has 0 fully saturated rings. The highest BCUT2D eigenvalue weighted by atomic mass is 35.5. The highest BCUT2D eigenvalue weighted by Crippen LogP contribution is 2.21. The monoisotopic (exact) mass is 432 g/mol. The number of hydrogen-bond donors (Lipinski definition) is 2. The van der Waals surface area contributed by atoms with Gasteiger partial charge in [0.1, 0.15) is 5.82 Å². The van der Waals surface area contributed by atoms with Crippen LogP contribution in [0.25, 0.3) is 10.9 Å². The van der Waals surface area contributed by atoms with Crippen molar-refractivity contribution in [1.82, 2.24) is 14.9 Å². The van der Waals surface area contributed by atoms with Gasteiger partial charge in [-0.1, -0.05) is 66.2 Å². The van der Waals surface area contributed by atoms with Gasteiger partial charge in [-0.3, -0.25) is 4.79 Å². The van der Waals surface area contributed by atoms with Gasteiger partial charge in [-0.05, 0) is 36.2 Å². The van der Waals surface area contributed by atoms with Crippen molar-refractivity contribution < 1.29 is 4.79 Å². The second kappa shape index (κ2) is 9.45. The van der Waals surface area contributed by atoms with Gasteiger partial charge in [0.25, 0.3) is 5.56 Å². The number of para-hydroxylation sites is 2. The molecule has 7 heteroatoms. The lowest BCUT2D eigenvalue weighted by molar-refractivity contribution is 0.208. The Hall–Kier alpha value is -3.64. The molecule has 0 bridgehead atoms. The van der Waals surface area contributed by atoms with Crippen LogP contribution in [-0.2, 0) is 13.0 Å². The minimum Gasteiger partial charge on any atom is -0.317 e. The molecule has 0 aliphatic carbocycles. The normalized spacial score (nSPS) is 10.7. The molecule has 6 nitrogen and oxygen atoms in total. The van der Waals surface area contributed by atoms with Crippen LogP contribution in [-0.4, -0.2) is 27.4 Å². The number of H-pyrrole nitrogens is 1. The highest BCUT2D eigenvalue weighted by molar-refractivity contribution is 6.33. The summed E-state index contributed by atoms with van der Waals surface area (Å²) in [7, 11) is 0. The maximum atomic E-state index is 13.1. The Morgan fingerprint density at radius 2 is 1.68 bits per heavy atom. The number of hydrogen-bond acceptors (Lipinski definition) is 3. The lowest BCUT2D eigenvalue weighted by Gasteiger charge is -2.23. The molecule has 0 spiro atoms. The summed E-state index contributed by atoms with van der Waals surface area (Å²) in [5, 5.41) is 3.82. The van der Waals surface area contributed by atoms with E-state index in [1.54, 1.807) is 47.4 Å². The number of aromatic nitrogens is 2. The number of aromatic amines is 1.